The molecule has 0 saturated carbocycles. The lowest BCUT2D eigenvalue weighted by Crippen LogP contribution is -2.31. The van der Waals surface area contributed by atoms with Crippen molar-refractivity contribution in [3.63, 3.8) is 0 Å². The Balaban J connectivity index is 2.16. The van der Waals surface area contributed by atoms with Crippen LogP contribution in [0.3, 0.4) is 0 Å². The SMILES string of the molecule is CCOC(=O)C(Cc1ccc(N(Cc2ccc(F)cc2)C(=O)CCl)cc1)OCC. The fourth-order valence-electron chi connectivity index (χ4n) is 2.84. The van der Waals surface area contributed by atoms with Crippen molar-refractivity contribution in [3.05, 3.63) is 65.5 Å². The number of rotatable bonds is 10. The molecule has 1 unspecified atom stereocenters. The number of alkyl halides is 1. The molecule has 0 fully saturated rings. The lowest BCUT2D eigenvalue weighted by molar-refractivity contribution is -0.156. The highest BCUT2D eigenvalue weighted by Crippen LogP contribution is 2.20. The normalized spacial score (nSPS) is 11.7. The minimum Gasteiger partial charge on any atom is -0.464 e. The predicted molar refractivity (Wildman–Crippen MR) is 111 cm³/mol. The van der Waals surface area contributed by atoms with Crippen LogP contribution in [0.15, 0.2) is 48.5 Å². The van der Waals surface area contributed by atoms with Crippen LogP contribution < -0.4 is 4.90 Å². The van der Waals surface area contributed by atoms with Gasteiger partial charge in [0, 0.05) is 18.7 Å². The highest BCUT2D eigenvalue weighted by atomic mass is 35.5. The molecule has 0 aliphatic heterocycles. The van der Waals surface area contributed by atoms with Crippen LogP contribution in [0.5, 0.6) is 0 Å². The van der Waals surface area contributed by atoms with Gasteiger partial charge in [-0.05, 0) is 49.2 Å². The molecule has 29 heavy (non-hydrogen) atoms. The van der Waals surface area contributed by atoms with E-state index >= 15 is 0 Å². The summed E-state index contributed by atoms with van der Waals surface area (Å²) in [5, 5.41) is 0. The number of ether oxygens (including phenoxy) is 2. The van der Waals surface area contributed by atoms with Gasteiger partial charge in [0.05, 0.1) is 13.2 Å². The molecular formula is C22H25ClFNO4. The van der Waals surface area contributed by atoms with Gasteiger partial charge >= 0.3 is 5.97 Å². The highest BCUT2D eigenvalue weighted by Gasteiger charge is 2.21. The van der Waals surface area contributed by atoms with Crippen molar-refractivity contribution < 1.29 is 23.5 Å². The Bertz CT molecular complexity index is 795. The molecular weight excluding hydrogens is 397 g/mol. The van der Waals surface area contributed by atoms with E-state index < -0.39 is 12.1 Å². The lowest BCUT2D eigenvalue weighted by atomic mass is 10.1. The van der Waals surface area contributed by atoms with Crippen molar-refractivity contribution in [2.45, 2.75) is 32.9 Å². The Morgan fingerprint density at radius 3 is 2.17 bits per heavy atom. The largest absolute Gasteiger partial charge is 0.464 e. The summed E-state index contributed by atoms with van der Waals surface area (Å²) >= 11 is 5.77. The molecule has 156 valence electrons. The number of hydrogen-bond acceptors (Lipinski definition) is 4. The van der Waals surface area contributed by atoms with E-state index in [4.69, 9.17) is 21.1 Å². The number of amides is 1. The summed E-state index contributed by atoms with van der Waals surface area (Å²) in [7, 11) is 0. The first-order valence-corrected chi connectivity index (χ1v) is 9.99. The smallest absolute Gasteiger partial charge is 0.335 e. The first-order valence-electron chi connectivity index (χ1n) is 9.46. The average molecular weight is 422 g/mol. The molecule has 0 aromatic heterocycles. The maximum atomic E-state index is 13.1. The second-order valence-electron chi connectivity index (χ2n) is 6.31. The van der Waals surface area contributed by atoms with Crippen LogP contribution in [0.2, 0.25) is 0 Å². The maximum Gasteiger partial charge on any atom is 0.335 e. The Morgan fingerprint density at radius 2 is 1.62 bits per heavy atom. The number of halogens is 2. The van der Waals surface area contributed by atoms with E-state index in [1.165, 1.54) is 17.0 Å². The summed E-state index contributed by atoms with van der Waals surface area (Å²) in [6, 6.07) is 13.2. The van der Waals surface area contributed by atoms with Crippen LogP contribution in [0.25, 0.3) is 0 Å². The van der Waals surface area contributed by atoms with Gasteiger partial charge in [0.2, 0.25) is 5.91 Å². The first-order chi connectivity index (χ1) is 14.0. The number of hydrogen-bond donors (Lipinski definition) is 0. The second-order valence-corrected chi connectivity index (χ2v) is 6.57. The van der Waals surface area contributed by atoms with E-state index in [9.17, 15) is 14.0 Å². The molecule has 1 amide bonds. The third-order valence-electron chi connectivity index (χ3n) is 4.26. The van der Waals surface area contributed by atoms with Crippen molar-refractivity contribution in [2.75, 3.05) is 24.0 Å². The summed E-state index contributed by atoms with van der Waals surface area (Å²) < 4.78 is 23.7. The fourth-order valence-corrected chi connectivity index (χ4v) is 2.99. The summed E-state index contributed by atoms with van der Waals surface area (Å²) in [6.45, 7) is 4.53. The van der Waals surface area contributed by atoms with E-state index in [2.05, 4.69) is 0 Å². The third-order valence-corrected chi connectivity index (χ3v) is 4.48. The monoisotopic (exact) mass is 421 g/mol. The van der Waals surface area contributed by atoms with Gasteiger partial charge < -0.3 is 14.4 Å². The van der Waals surface area contributed by atoms with Gasteiger partial charge in [-0.25, -0.2) is 9.18 Å². The summed E-state index contributed by atoms with van der Waals surface area (Å²) in [5.41, 5.74) is 2.32. The average Bonchev–Trinajstić information content (AvgIpc) is 2.73. The number of nitrogens with zero attached hydrogens (tertiary/aromatic N) is 1. The summed E-state index contributed by atoms with van der Waals surface area (Å²) in [5.74, 6) is -1.16. The minimum absolute atomic E-state index is 0.168. The number of esters is 1. The zero-order valence-corrected chi connectivity index (χ0v) is 17.3. The number of carbonyl (C=O) groups is 2. The quantitative estimate of drug-likeness (QED) is 0.428. The van der Waals surface area contributed by atoms with E-state index in [1.807, 2.05) is 19.1 Å². The number of benzene rings is 2. The van der Waals surface area contributed by atoms with Crippen LogP contribution in [0.4, 0.5) is 10.1 Å². The molecule has 0 saturated heterocycles. The molecule has 0 heterocycles. The molecule has 1 atom stereocenters. The van der Waals surface area contributed by atoms with E-state index in [1.54, 1.807) is 31.2 Å². The van der Waals surface area contributed by atoms with Crippen molar-refractivity contribution in [3.8, 4) is 0 Å². The molecule has 0 N–H and O–H groups in total. The van der Waals surface area contributed by atoms with Crippen molar-refractivity contribution >= 4 is 29.2 Å². The Hall–Kier alpha value is -2.44. The lowest BCUT2D eigenvalue weighted by Gasteiger charge is -2.23. The molecule has 7 heteroatoms. The van der Waals surface area contributed by atoms with Gasteiger partial charge in [-0.2, -0.15) is 0 Å². The van der Waals surface area contributed by atoms with Crippen molar-refractivity contribution in [1.82, 2.24) is 0 Å². The van der Waals surface area contributed by atoms with E-state index in [0.29, 0.717) is 25.3 Å². The maximum absolute atomic E-state index is 13.1. The highest BCUT2D eigenvalue weighted by molar-refractivity contribution is 6.29. The van der Waals surface area contributed by atoms with Gasteiger partial charge in [-0.15, -0.1) is 11.6 Å². The van der Waals surface area contributed by atoms with Gasteiger partial charge in [-0.3, -0.25) is 4.79 Å². The van der Waals surface area contributed by atoms with Crippen LogP contribution in [0, 0.1) is 5.82 Å². The van der Waals surface area contributed by atoms with Gasteiger partial charge in [0.15, 0.2) is 6.10 Å². The Morgan fingerprint density at radius 1 is 1.00 bits per heavy atom. The molecule has 0 radical (unpaired) electrons. The van der Waals surface area contributed by atoms with Crippen LogP contribution in [-0.2, 0) is 32.0 Å². The molecule has 0 spiro atoms. The van der Waals surface area contributed by atoms with Crippen molar-refractivity contribution in [2.24, 2.45) is 0 Å². The molecule has 5 nitrogen and oxygen atoms in total. The van der Waals surface area contributed by atoms with Crippen LogP contribution in [-0.4, -0.2) is 37.1 Å². The summed E-state index contributed by atoms with van der Waals surface area (Å²) in [6.07, 6.45) is -0.306. The standard InChI is InChI=1S/C22H25ClFNO4/c1-3-28-20(22(27)29-4-2)13-16-7-11-19(12-8-16)25(21(26)14-23)15-17-5-9-18(24)10-6-17/h5-12,20H,3-4,13-15H2,1-2H3. The molecule has 2 rings (SSSR count). The van der Waals surface area contributed by atoms with Gasteiger partial charge in [0.1, 0.15) is 11.7 Å². The molecule has 2 aromatic carbocycles. The van der Waals surface area contributed by atoms with Crippen LogP contribution >= 0.6 is 11.6 Å². The molecule has 0 bridgehead atoms. The zero-order chi connectivity index (χ0) is 21.2. The third kappa shape index (κ3) is 6.84. The summed E-state index contributed by atoms with van der Waals surface area (Å²) in [4.78, 5) is 25.9. The Labute approximate surface area is 175 Å². The first kappa shape index (κ1) is 22.8. The molecule has 0 aliphatic rings. The zero-order valence-electron chi connectivity index (χ0n) is 16.6. The molecule has 0 aliphatic carbocycles. The molecule has 2 aromatic rings. The minimum atomic E-state index is -0.675. The topological polar surface area (TPSA) is 55.8 Å². The number of anilines is 1. The Kier molecular flexibility index (Phi) is 9.09. The van der Waals surface area contributed by atoms with E-state index in [-0.39, 0.29) is 24.1 Å². The van der Waals surface area contributed by atoms with Gasteiger partial charge in [0.25, 0.3) is 0 Å². The second kappa shape index (κ2) is 11.5. The van der Waals surface area contributed by atoms with Gasteiger partial charge in [-0.1, -0.05) is 24.3 Å². The van der Waals surface area contributed by atoms with E-state index in [0.717, 1.165) is 11.1 Å². The van der Waals surface area contributed by atoms with Crippen molar-refractivity contribution in [1.29, 1.82) is 0 Å². The predicted octanol–water partition coefficient (Wildman–Crippen LogP) is 4.11. The van der Waals surface area contributed by atoms with Crippen LogP contribution in [0.1, 0.15) is 25.0 Å². The fraction of sp³-hybridized carbons (Fsp3) is 0.364. The number of carbonyl (C=O) groups excluding carboxylic acids is 2.